The Labute approximate surface area is 151 Å². The van der Waals surface area contributed by atoms with Gasteiger partial charge in [-0.1, -0.05) is 18.2 Å². The van der Waals surface area contributed by atoms with E-state index in [2.05, 4.69) is 4.98 Å². The van der Waals surface area contributed by atoms with Crippen LogP contribution in [0.2, 0.25) is 0 Å². The molecule has 0 radical (unpaired) electrons. The summed E-state index contributed by atoms with van der Waals surface area (Å²) in [6, 6.07) is 9.80. The van der Waals surface area contributed by atoms with E-state index >= 15 is 0 Å². The number of amides is 1. The second-order valence-electron chi connectivity index (χ2n) is 6.98. The Morgan fingerprint density at radius 1 is 1.35 bits per heavy atom. The molecule has 4 heterocycles. The van der Waals surface area contributed by atoms with Crippen LogP contribution in [0, 0.1) is 0 Å². The summed E-state index contributed by atoms with van der Waals surface area (Å²) in [5, 5.41) is 0. The third-order valence-electron chi connectivity index (χ3n) is 5.63. The summed E-state index contributed by atoms with van der Waals surface area (Å²) < 4.78 is 17.0. The SMILES string of the molecule is COc1cc2c(cn1)OCC21C(=O)N(C[C@H]2CCCO2)c2ccccc21. The number of ether oxygens (including phenoxy) is 3. The van der Waals surface area contributed by atoms with E-state index in [0.717, 1.165) is 36.3 Å². The van der Waals surface area contributed by atoms with Crippen LogP contribution < -0.4 is 14.4 Å². The number of fused-ring (bicyclic) bond motifs is 4. The van der Waals surface area contributed by atoms with Crippen molar-refractivity contribution >= 4 is 11.6 Å². The highest BCUT2D eigenvalue weighted by Gasteiger charge is 2.57. The van der Waals surface area contributed by atoms with Crippen LogP contribution in [0.5, 0.6) is 11.6 Å². The van der Waals surface area contributed by atoms with Crippen LogP contribution >= 0.6 is 0 Å². The van der Waals surface area contributed by atoms with E-state index in [1.165, 1.54) is 0 Å². The molecule has 5 rings (SSSR count). The number of carbonyl (C=O) groups is 1. The molecule has 26 heavy (non-hydrogen) atoms. The van der Waals surface area contributed by atoms with E-state index < -0.39 is 5.41 Å². The number of pyridine rings is 1. The summed E-state index contributed by atoms with van der Waals surface area (Å²) in [7, 11) is 1.57. The Kier molecular flexibility index (Phi) is 3.43. The number of hydrogen-bond donors (Lipinski definition) is 0. The predicted molar refractivity (Wildman–Crippen MR) is 94.8 cm³/mol. The summed E-state index contributed by atoms with van der Waals surface area (Å²) in [6.45, 7) is 1.64. The number of rotatable bonds is 3. The zero-order valence-electron chi connectivity index (χ0n) is 14.6. The molecule has 1 saturated heterocycles. The minimum absolute atomic E-state index is 0.0428. The quantitative estimate of drug-likeness (QED) is 0.848. The summed E-state index contributed by atoms with van der Waals surface area (Å²) in [6.07, 6.45) is 3.77. The second-order valence-corrected chi connectivity index (χ2v) is 6.98. The van der Waals surface area contributed by atoms with Gasteiger partial charge in [-0.25, -0.2) is 4.98 Å². The van der Waals surface area contributed by atoms with Gasteiger partial charge in [-0.3, -0.25) is 4.79 Å². The molecule has 3 aliphatic heterocycles. The Balaban J connectivity index is 1.64. The lowest BCUT2D eigenvalue weighted by molar-refractivity contribution is -0.122. The number of para-hydroxylation sites is 1. The van der Waals surface area contributed by atoms with Crippen LogP contribution in [-0.2, 0) is 14.9 Å². The van der Waals surface area contributed by atoms with Gasteiger partial charge in [0.1, 0.15) is 17.8 Å². The Morgan fingerprint density at radius 2 is 2.23 bits per heavy atom. The van der Waals surface area contributed by atoms with Crippen molar-refractivity contribution in [2.75, 3.05) is 31.8 Å². The van der Waals surface area contributed by atoms with Gasteiger partial charge >= 0.3 is 0 Å². The number of methoxy groups -OCH3 is 1. The molecule has 3 aliphatic rings. The van der Waals surface area contributed by atoms with Crippen LogP contribution in [0.3, 0.4) is 0 Å². The summed E-state index contributed by atoms with van der Waals surface area (Å²) in [5.74, 6) is 1.17. The van der Waals surface area contributed by atoms with Crippen molar-refractivity contribution in [3.8, 4) is 11.6 Å². The Morgan fingerprint density at radius 3 is 3.04 bits per heavy atom. The molecule has 134 valence electrons. The monoisotopic (exact) mass is 352 g/mol. The fourth-order valence-corrected chi connectivity index (χ4v) is 4.35. The molecule has 0 aliphatic carbocycles. The van der Waals surface area contributed by atoms with E-state index in [9.17, 15) is 4.79 Å². The lowest BCUT2D eigenvalue weighted by Crippen LogP contribution is -2.44. The summed E-state index contributed by atoms with van der Waals surface area (Å²) in [5.41, 5.74) is 1.92. The van der Waals surface area contributed by atoms with Crippen molar-refractivity contribution in [1.29, 1.82) is 0 Å². The minimum atomic E-state index is -0.833. The number of nitrogens with zero attached hydrogens (tertiary/aromatic N) is 2. The molecule has 6 nitrogen and oxygen atoms in total. The molecule has 2 atom stereocenters. The highest BCUT2D eigenvalue weighted by molar-refractivity contribution is 6.11. The van der Waals surface area contributed by atoms with Gasteiger partial charge in [0, 0.05) is 23.9 Å². The predicted octanol–water partition coefficient (Wildman–Crippen LogP) is 2.29. The first-order valence-electron chi connectivity index (χ1n) is 8.94. The first-order valence-corrected chi connectivity index (χ1v) is 8.94. The lowest BCUT2D eigenvalue weighted by atomic mass is 9.77. The summed E-state index contributed by atoms with van der Waals surface area (Å²) in [4.78, 5) is 19.8. The molecule has 6 heteroatoms. The molecule has 1 unspecified atom stereocenters. The number of anilines is 1. The highest BCUT2D eigenvalue weighted by Crippen LogP contribution is 2.52. The minimum Gasteiger partial charge on any atom is -0.490 e. The highest BCUT2D eigenvalue weighted by atomic mass is 16.5. The van der Waals surface area contributed by atoms with Crippen LogP contribution in [0.4, 0.5) is 5.69 Å². The maximum atomic E-state index is 13.7. The van der Waals surface area contributed by atoms with Crippen molar-refractivity contribution < 1.29 is 19.0 Å². The van der Waals surface area contributed by atoms with Gasteiger partial charge in [0.05, 0.1) is 26.0 Å². The fraction of sp³-hybridized carbons (Fsp3) is 0.400. The third kappa shape index (κ3) is 2.02. The number of carbonyl (C=O) groups excluding carboxylic acids is 1. The third-order valence-corrected chi connectivity index (χ3v) is 5.63. The lowest BCUT2D eigenvalue weighted by Gasteiger charge is -2.24. The van der Waals surface area contributed by atoms with Crippen LogP contribution in [0.15, 0.2) is 36.5 Å². The average Bonchev–Trinajstić information content (AvgIpc) is 3.38. The average molecular weight is 352 g/mol. The molecule has 2 aromatic rings. The fourth-order valence-electron chi connectivity index (χ4n) is 4.35. The van der Waals surface area contributed by atoms with Crippen molar-refractivity contribution in [2.45, 2.75) is 24.4 Å². The molecule has 1 spiro atoms. The van der Waals surface area contributed by atoms with Gasteiger partial charge in [0.25, 0.3) is 0 Å². The van der Waals surface area contributed by atoms with Crippen molar-refractivity contribution in [3.63, 3.8) is 0 Å². The largest absolute Gasteiger partial charge is 0.490 e. The van der Waals surface area contributed by atoms with E-state index in [1.807, 2.05) is 35.2 Å². The normalized spacial score (nSPS) is 26.1. The van der Waals surface area contributed by atoms with Gasteiger partial charge in [-0.2, -0.15) is 0 Å². The van der Waals surface area contributed by atoms with E-state index in [1.54, 1.807) is 13.3 Å². The van der Waals surface area contributed by atoms with Gasteiger partial charge in [0.2, 0.25) is 11.8 Å². The van der Waals surface area contributed by atoms with Crippen LogP contribution in [0.25, 0.3) is 0 Å². The Hall–Kier alpha value is -2.60. The first kappa shape index (κ1) is 15.6. The smallest absolute Gasteiger partial charge is 0.245 e. The van der Waals surface area contributed by atoms with Crippen LogP contribution in [0.1, 0.15) is 24.0 Å². The molecule has 1 aromatic carbocycles. The molecule has 1 amide bonds. The van der Waals surface area contributed by atoms with Crippen molar-refractivity contribution in [2.24, 2.45) is 0 Å². The molecule has 0 bridgehead atoms. The topological polar surface area (TPSA) is 60.9 Å². The molecular formula is C20H20N2O4. The maximum absolute atomic E-state index is 13.7. The van der Waals surface area contributed by atoms with Gasteiger partial charge in [-0.05, 0) is 24.5 Å². The van der Waals surface area contributed by atoms with Crippen molar-refractivity contribution in [3.05, 3.63) is 47.7 Å². The van der Waals surface area contributed by atoms with Gasteiger partial charge < -0.3 is 19.1 Å². The first-order chi connectivity index (χ1) is 12.7. The standard InChI is InChI=1S/C20H20N2O4/c1-24-18-9-15-17(10-21-18)26-12-20(15)14-6-2-3-7-16(14)22(19(20)23)11-13-5-4-8-25-13/h2-3,6-7,9-10,13H,4-5,8,11-12H2,1H3/t13-,20?/m1/s1. The van der Waals surface area contributed by atoms with Crippen LogP contribution in [-0.4, -0.2) is 43.9 Å². The summed E-state index contributed by atoms with van der Waals surface area (Å²) >= 11 is 0. The molecule has 1 fully saturated rings. The van der Waals surface area contributed by atoms with E-state index in [0.29, 0.717) is 18.2 Å². The molecule has 0 saturated carbocycles. The zero-order valence-corrected chi connectivity index (χ0v) is 14.6. The maximum Gasteiger partial charge on any atom is 0.245 e. The molecule has 1 aromatic heterocycles. The number of aromatic nitrogens is 1. The number of hydrogen-bond acceptors (Lipinski definition) is 5. The number of benzene rings is 1. The van der Waals surface area contributed by atoms with E-state index in [-0.39, 0.29) is 18.6 Å². The van der Waals surface area contributed by atoms with E-state index in [4.69, 9.17) is 14.2 Å². The second kappa shape index (κ2) is 5.71. The van der Waals surface area contributed by atoms with Crippen molar-refractivity contribution in [1.82, 2.24) is 4.98 Å². The molecular weight excluding hydrogens is 332 g/mol. The zero-order chi connectivity index (χ0) is 17.7. The van der Waals surface area contributed by atoms with Gasteiger partial charge in [0.15, 0.2) is 0 Å². The van der Waals surface area contributed by atoms with Gasteiger partial charge in [-0.15, -0.1) is 0 Å². The molecule has 0 N–H and O–H groups in total. The Bertz CT molecular complexity index is 878.